The second-order valence-electron chi connectivity index (χ2n) is 9.37. The molecule has 1 N–H and O–H groups in total. The lowest BCUT2D eigenvalue weighted by Gasteiger charge is -2.29. The molecular weight excluding hydrogens is 523 g/mol. The molecule has 1 fully saturated rings. The Morgan fingerprint density at radius 1 is 1.18 bits per heavy atom. The van der Waals surface area contributed by atoms with Crippen LogP contribution in [0, 0.1) is 11.6 Å². The van der Waals surface area contributed by atoms with E-state index >= 15 is 0 Å². The Hall–Kier alpha value is -4.29. The minimum atomic E-state index is -5.17. The highest BCUT2D eigenvalue weighted by molar-refractivity contribution is 5.94. The van der Waals surface area contributed by atoms with Crippen LogP contribution in [0.5, 0.6) is 5.75 Å². The normalized spacial score (nSPS) is 15.8. The minimum absolute atomic E-state index is 0.0676. The number of alkyl halides is 3. The highest BCUT2D eigenvalue weighted by Gasteiger charge is 2.38. The predicted molar refractivity (Wildman–Crippen MR) is 132 cm³/mol. The first-order valence-electron chi connectivity index (χ1n) is 12.0. The maximum atomic E-state index is 14.7. The Labute approximate surface area is 219 Å². The number of hydrogen-bond donors (Lipinski definition) is 1. The largest absolute Gasteiger partial charge is 0.503 e. The first kappa shape index (κ1) is 26.3. The number of aromatic nitrogens is 4. The van der Waals surface area contributed by atoms with Gasteiger partial charge in [0.15, 0.2) is 23.0 Å². The second-order valence-corrected chi connectivity index (χ2v) is 9.37. The van der Waals surface area contributed by atoms with Crippen molar-refractivity contribution < 1.29 is 31.9 Å². The first-order valence-corrected chi connectivity index (χ1v) is 12.0. The quantitative estimate of drug-likeness (QED) is 0.363. The molecule has 0 spiro atoms. The van der Waals surface area contributed by atoms with E-state index < -0.39 is 34.7 Å². The number of benzene rings is 2. The Morgan fingerprint density at radius 2 is 1.90 bits per heavy atom. The lowest BCUT2D eigenvalue weighted by atomic mass is 10.0. The van der Waals surface area contributed by atoms with Crippen molar-refractivity contribution in [2.45, 2.75) is 25.1 Å². The molecule has 1 aliphatic heterocycles. The van der Waals surface area contributed by atoms with Crippen LogP contribution in [0.15, 0.2) is 42.6 Å². The van der Waals surface area contributed by atoms with Gasteiger partial charge in [-0.3, -0.25) is 4.79 Å². The van der Waals surface area contributed by atoms with Crippen molar-refractivity contribution >= 4 is 22.9 Å². The summed E-state index contributed by atoms with van der Waals surface area (Å²) < 4.78 is 69.8. The molecule has 1 amide bonds. The van der Waals surface area contributed by atoms with Crippen LogP contribution in [0.2, 0.25) is 0 Å². The molecule has 4 aromatic rings. The van der Waals surface area contributed by atoms with Crippen molar-refractivity contribution in [3.05, 3.63) is 65.4 Å². The number of carbonyl (C=O) groups is 1. The number of halogens is 5. The number of aryl methyl sites for hydroxylation is 1. The van der Waals surface area contributed by atoms with E-state index in [9.17, 15) is 31.9 Å². The number of hydrogen-bond acceptors (Lipinski definition) is 6. The van der Waals surface area contributed by atoms with Gasteiger partial charge >= 0.3 is 6.18 Å². The van der Waals surface area contributed by atoms with E-state index in [0.29, 0.717) is 18.7 Å². The van der Waals surface area contributed by atoms with Crippen LogP contribution in [0.4, 0.5) is 27.9 Å². The summed E-state index contributed by atoms with van der Waals surface area (Å²) in [4.78, 5) is 25.3. The number of nitrogens with zero attached hydrogens (tertiary/aromatic N) is 6. The van der Waals surface area contributed by atoms with Crippen LogP contribution in [0.25, 0.3) is 22.3 Å². The van der Waals surface area contributed by atoms with Gasteiger partial charge in [-0.1, -0.05) is 18.2 Å². The highest BCUT2D eigenvalue weighted by Crippen LogP contribution is 2.41. The van der Waals surface area contributed by atoms with E-state index in [4.69, 9.17) is 0 Å². The molecule has 0 saturated carbocycles. The monoisotopic (exact) mass is 546 g/mol. The van der Waals surface area contributed by atoms with Crippen LogP contribution in [-0.2, 0) is 13.2 Å². The molecule has 2 aromatic carbocycles. The fourth-order valence-corrected chi connectivity index (χ4v) is 4.85. The highest BCUT2D eigenvalue weighted by atomic mass is 19.4. The molecule has 0 radical (unpaired) electrons. The lowest BCUT2D eigenvalue weighted by molar-refractivity contribution is -0.140. The summed E-state index contributed by atoms with van der Waals surface area (Å²) in [6.07, 6.45) is -2.25. The number of anilines is 1. The second kappa shape index (κ2) is 9.79. The Kier molecular flexibility index (Phi) is 6.60. The van der Waals surface area contributed by atoms with Gasteiger partial charge in [-0.05, 0) is 31.0 Å². The fourth-order valence-electron chi connectivity index (χ4n) is 4.85. The predicted octanol–water partition coefficient (Wildman–Crippen LogP) is 4.77. The molecule has 13 heteroatoms. The van der Waals surface area contributed by atoms with Crippen molar-refractivity contribution in [3.63, 3.8) is 0 Å². The Morgan fingerprint density at radius 3 is 2.59 bits per heavy atom. The number of fused-ring (bicyclic) bond motifs is 1. The molecule has 2 aromatic heterocycles. The van der Waals surface area contributed by atoms with E-state index in [1.807, 2.05) is 11.0 Å². The summed E-state index contributed by atoms with van der Waals surface area (Å²) >= 11 is 0. The average molecular weight is 547 g/mol. The summed E-state index contributed by atoms with van der Waals surface area (Å²) in [5.74, 6) is -5.24. The number of phenolic OH excluding ortho intramolecular Hbond substituents is 1. The average Bonchev–Trinajstić information content (AvgIpc) is 3.50. The van der Waals surface area contributed by atoms with Gasteiger partial charge in [0.25, 0.3) is 5.91 Å². The molecule has 0 bridgehead atoms. The van der Waals surface area contributed by atoms with Crippen molar-refractivity contribution in [2.75, 3.05) is 25.0 Å². The number of carbonyl (C=O) groups excluding carboxylic acids is 1. The molecule has 1 aliphatic rings. The molecule has 39 heavy (non-hydrogen) atoms. The van der Waals surface area contributed by atoms with E-state index in [1.54, 1.807) is 36.2 Å². The van der Waals surface area contributed by atoms with Crippen molar-refractivity contribution in [1.29, 1.82) is 0 Å². The first-order chi connectivity index (χ1) is 18.5. The summed E-state index contributed by atoms with van der Waals surface area (Å²) in [5.41, 5.74) is -2.06. The SMILES string of the molecule is CN(CC1CCCN1C(=O)c1ccccc1)c1ncc2c(-c3cc(C(F)(F)F)c(F)c(O)c3F)nn(C)c2n1. The summed E-state index contributed by atoms with van der Waals surface area (Å²) in [7, 11) is 3.21. The Balaban J connectivity index is 1.45. The number of likely N-dealkylation sites (tertiary alicyclic amines) is 1. The van der Waals surface area contributed by atoms with Gasteiger partial charge in [-0.25, -0.2) is 18.4 Å². The molecule has 1 atom stereocenters. The molecule has 1 unspecified atom stereocenters. The standard InChI is InChI=1S/C26H23F5N6O2/c1-35(13-15-9-6-10-37(15)24(39)14-7-4-3-5-8-14)25-32-12-17-21(34-36(2)23(17)33-25)16-11-18(26(29,30)31)20(28)22(38)19(16)27/h3-5,7-8,11-12,15,38H,6,9-10,13H2,1-2H3. The van der Waals surface area contributed by atoms with E-state index in [1.165, 1.54) is 17.9 Å². The molecule has 5 rings (SSSR count). The molecule has 1 saturated heterocycles. The van der Waals surface area contributed by atoms with Crippen molar-refractivity contribution in [1.82, 2.24) is 24.6 Å². The molecule has 8 nitrogen and oxygen atoms in total. The molecule has 204 valence electrons. The van der Waals surface area contributed by atoms with Crippen LogP contribution in [0.1, 0.15) is 28.8 Å². The van der Waals surface area contributed by atoms with Crippen molar-refractivity contribution in [3.8, 4) is 17.0 Å². The minimum Gasteiger partial charge on any atom is -0.503 e. The van der Waals surface area contributed by atoms with Crippen molar-refractivity contribution in [2.24, 2.45) is 7.05 Å². The van der Waals surface area contributed by atoms with E-state index in [-0.39, 0.29) is 40.7 Å². The van der Waals surface area contributed by atoms with Gasteiger partial charge < -0.3 is 14.9 Å². The van der Waals surface area contributed by atoms with Gasteiger partial charge in [0.05, 0.1) is 10.9 Å². The molecule has 3 heterocycles. The summed E-state index contributed by atoms with van der Waals surface area (Å²) in [6, 6.07) is 9.15. The van der Waals surface area contributed by atoms with Crippen LogP contribution in [0.3, 0.4) is 0 Å². The number of likely N-dealkylation sites (N-methyl/N-ethyl adjacent to an activating group) is 1. The van der Waals surface area contributed by atoms with Gasteiger partial charge in [-0.2, -0.15) is 23.3 Å². The zero-order valence-corrected chi connectivity index (χ0v) is 20.9. The van der Waals surface area contributed by atoms with Gasteiger partial charge in [-0.15, -0.1) is 0 Å². The summed E-state index contributed by atoms with van der Waals surface area (Å²) in [6.45, 7) is 1.04. The number of phenols is 1. The number of amides is 1. The molecule has 0 aliphatic carbocycles. The fraction of sp³-hybridized carbons (Fsp3) is 0.308. The third-order valence-corrected chi connectivity index (χ3v) is 6.79. The van der Waals surface area contributed by atoms with E-state index in [2.05, 4.69) is 15.1 Å². The zero-order valence-electron chi connectivity index (χ0n) is 20.9. The number of aromatic hydroxyl groups is 1. The smallest absolute Gasteiger partial charge is 0.419 e. The Bertz CT molecular complexity index is 1560. The van der Waals surface area contributed by atoms with E-state index in [0.717, 1.165) is 12.8 Å². The maximum Gasteiger partial charge on any atom is 0.419 e. The number of rotatable bonds is 5. The third kappa shape index (κ3) is 4.72. The topological polar surface area (TPSA) is 87.4 Å². The van der Waals surface area contributed by atoms with Gasteiger partial charge in [0, 0.05) is 50.6 Å². The van der Waals surface area contributed by atoms with Crippen LogP contribution >= 0.6 is 0 Å². The maximum absolute atomic E-state index is 14.7. The van der Waals surface area contributed by atoms with Crippen LogP contribution in [-0.4, -0.2) is 61.8 Å². The zero-order chi connectivity index (χ0) is 28.1. The third-order valence-electron chi connectivity index (χ3n) is 6.79. The van der Waals surface area contributed by atoms with Crippen LogP contribution < -0.4 is 4.90 Å². The summed E-state index contributed by atoms with van der Waals surface area (Å²) in [5, 5.41) is 13.9. The van der Waals surface area contributed by atoms with Gasteiger partial charge in [0.2, 0.25) is 5.95 Å². The van der Waals surface area contributed by atoms with Gasteiger partial charge in [0.1, 0.15) is 5.69 Å². The lowest BCUT2D eigenvalue weighted by Crippen LogP contribution is -2.42. The molecular formula is C26H23F5N6O2.